The molecule has 0 spiro atoms. The van der Waals surface area contributed by atoms with Gasteiger partial charge in [-0.05, 0) is 23.8 Å². The Morgan fingerprint density at radius 3 is 2.81 bits per heavy atom. The van der Waals surface area contributed by atoms with Crippen LogP contribution in [0.15, 0.2) is 35.9 Å². The van der Waals surface area contributed by atoms with Gasteiger partial charge >= 0.3 is 0 Å². The number of hydrogen-bond donors (Lipinski definition) is 0. The van der Waals surface area contributed by atoms with Crippen LogP contribution in [-0.4, -0.2) is 55.7 Å². The number of benzene rings is 1. The van der Waals surface area contributed by atoms with Crippen LogP contribution in [0.2, 0.25) is 0 Å². The van der Waals surface area contributed by atoms with E-state index in [-0.39, 0.29) is 12.5 Å². The van der Waals surface area contributed by atoms with E-state index in [4.69, 9.17) is 14.7 Å². The Balaban J connectivity index is 1.58. The first-order chi connectivity index (χ1) is 13.2. The number of aromatic nitrogens is 1. The highest BCUT2D eigenvalue weighted by molar-refractivity contribution is 7.13. The first-order valence-corrected chi connectivity index (χ1v) is 9.38. The summed E-state index contributed by atoms with van der Waals surface area (Å²) in [5.74, 6) is 1.01. The second-order valence-electron chi connectivity index (χ2n) is 5.82. The summed E-state index contributed by atoms with van der Waals surface area (Å²) in [7, 11) is 1.54. The normalized spacial score (nSPS) is 14.2. The summed E-state index contributed by atoms with van der Waals surface area (Å²) >= 11 is 1.61. The van der Waals surface area contributed by atoms with Crippen LogP contribution in [0.3, 0.4) is 0 Å². The van der Waals surface area contributed by atoms with Crippen molar-refractivity contribution in [3.8, 4) is 17.6 Å². The first-order valence-electron chi connectivity index (χ1n) is 8.50. The zero-order chi connectivity index (χ0) is 19.1. The SMILES string of the molecule is COc1cc(/C=C/C(=O)N2CCN(c3nccs3)CC2)ccc1OCC#N. The summed E-state index contributed by atoms with van der Waals surface area (Å²) < 4.78 is 10.6. The molecule has 2 aromatic rings. The summed E-state index contributed by atoms with van der Waals surface area (Å²) in [6.45, 7) is 2.87. The average molecular weight is 384 g/mol. The molecule has 0 N–H and O–H groups in total. The Kier molecular flexibility index (Phi) is 6.28. The minimum absolute atomic E-state index is 0.0161. The highest BCUT2D eigenvalue weighted by Crippen LogP contribution is 2.28. The number of anilines is 1. The largest absolute Gasteiger partial charge is 0.493 e. The fourth-order valence-electron chi connectivity index (χ4n) is 2.78. The van der Waals surface area contributed by atoms with E-state index in [9.17, 15) is 4.79 Å². The van der Waals surface area contributed by atoms with Gasteiger partial charge < -0.3 is 19.3 Å². The van der Waals surface area contributed by atoms with Crippen molar-refractivity contribution in [3.63, 3.8) is 0 Å². The van der Waals surface area contributed by atoms with Crippen molar-refractivity contribution < 1.29 is 14.3 Å². The first kappa shape index (κ1) is 18.7. The van der Waals surface area contributed by atoms with Crippen LogP contribution in [0, 0.1) is 11.3 Å². The van der Waals surface area contributed by atoms with Crippen molar-refractivity contribution in [2.24, 2.45) is 0 Å². The van der Waals surface area contributed by atoms with E-state index < -0.39 is 0 Å². The van der Waals surface area contributed by atoms with E-state index in [0.717, 1.165) is 23.8 Å². The van der Waals surface area contributed by atoms with Gasteiger partial charge in [-0.15, -0.1) is 11.3 Å². The maximum Gasteiger partial charge on any atom is 0.246 e. The van der Waals surface area contributed by atoms with E-state index in [1.54, 1.807) is 41.8 Å². The number of carbonyl (C=O) groups is 1. The Labute approximate surface area is 162 Å². The third-order valence-corrected chi connectivity index (χ3v) is 5.01. The number of hydrogen-bond acceptors (Lipinski definition) is 7. The zero-order valence-corrected chi connectivity index (χ0v) is 15.8. The van der Waals surface area contributed by atoms with Crippen molar-refractivity contribution in [2.75, 3.05) is 44.8 Å². The molecular formula is C19H20N4O3S. The number of rotatable bonds is 6. The topological polar surface area (TPSA) is 78.7 Å². The molecule has 0 bridgehead atoms. The molecule has 1 aromatic carbocycles. The van der Waals surface area contributed by atoms with Crippen molar-refractivity contribution in [2.45, 2.75) is 0 Å². The van der Waals surface area contributed by atoms with Gasteiger partial charge in [0, 0.05) is 43.8 Å². The van der Waals surface area contributed by atoms with E-state index in [0.29, 0.717) is 24.6 Å². The molecule has 0 atom stereocenters. The van der Waals surface area contributed by atoms with Crippen LogP contribution in [0.4, 0.5) is 5.13 Å². The fraction of sp³-hybridized carbons (Fsp3) is 0.316. The highest BCUT2D eigenvalue weighted by Gasteiger charge is 2.20. The smallest absolute Gasteiger partial charge is 0.246 e. The summed E-state index contributed by atoms with van der Waals surface area (Å²) in [4.78, 5) is 20.8. The second-order valence-corrected chi connectivity index (χ2v) is 6.69. The van der Waals surface area contributed by atoms with Crippen LogP contribution < -0.4 is 14.4 Å². The summed E-state index contributed by atoms with van der Waals surface area (Å²) in [6, 6.07) is 7.24. The van der Waals surface area contributed by atoms with Crippen molar-refractivity contribution in [1.29, 1.82) is 5.26 Å². The van der Waals surface area contributed by atoms with Crippen LogP contribution in [0.25, 0.3) is 6.08 Å². The lowest BCUT2D eigenvalue weighted by Gasteiger charge is -2.34. The molecule has 2 heterocycles. The van der Waals surface area contributed by atoms with Crippen molar-refractivity contribution in [1.82, 2.24) is 9.88 Å². The number of nitriles is 1. The van der Waals surface area contributed by atoms with Crippen LogP contribution in [0.1, 0.15) is 5.56 Å². The molecular weight excluding hydrogens is 364 g/mol. The predicted octanol–water partition coefficient (Wildman–Crippen LogP) is 2.42. The van der Waals surface area contributed by atoms with E-state index in [2.05, 4.69) is 9.88 Å². The number of ether oxygens (including phenoxy) is 2. The van der Waals surface area contributed by atoms with E-state index >= 15 is 0 Å². The van der Waals surface area contributed by atoms with Gasteiger partial charge in [-0.1, -0.05) is 6.07 Å². The third-order valence-electron chi connectivity index (χ3n) is 4.18. The Bertz CT molecular complexity index is 837. The molecule has 140 valence electrons. The lowest BCUT2D eigenvalue weighted by molar-refractivity contribution is -0.126. The molecule has 1 aliphatic heterocycles. The van der Waals surface area contributed by atoms with Crippen molar-refractivity contribution in [3.05, 3.63) is 41.4 Å². The summed E-state index contributed by atoms with van der Waals surface area (Å²) in [5.41, 5.74) is 0.825. The monoisotopic (exact) mass is 384 g/mol. The Morgan fingerprint density at radius 1 is 1.33 bits per heavy atom. The minimum Gasteiger partial charge on any atom is -0.493 e. The molecule has 27 heavy (non-hydrogen) atoms. The molecule has 1 aromatic heterocycles. The van der Waals surface area contributed by atoms with Gasteiger partial charge in [0.25, 0.3) is 0 Å². The molecule has 0 saturated carbocycles. The molecule has 7 nitrogen and oxygen atoms in total. The fourth-order valence-corrected chi connectivity index (χ4v) is 3.48. The number of methoxy groups -OCH3 is 1. The molecule has 8 heteroatoms. The molecule has 1 aliphatic rings. The van der Waals surface area contributed by atoms with Gasteiger partial charge in [0.15, 0.2) is 23.2 Å². The number of carbonyl (C=O) groups excluding carboxylic acids is 1. The van der Waals surface area contributed by atoms with Gasteiger partial charge in [0.2, 0.25) is 5.91 Å². The molecule has 3 rings (SSSR count). The van der Waals surface area contributed by atoms with Crippen LogP contribution in [-0.2, 0) is 4.79 Å². The maximum absolute atomic E-state index is 12.4. The van der Waals surface area contributed by atoms with Crippen molar-refractivity contribution >= 4 is 28.5 Å². The van der Waals surface area contributed by atoms with Gasteiger partial charge in [-0.2, -0.15) is 5.26 Å². The van der Waals surface area contributed by atoms with Gasteiger partial charge in [0.1, 0.15) is 6.07 Å². The predicted molar refractivity (Wildman–Crippen MR) is 104 cm³/mol. The maximum atomic E-state index is 12.4. The number of thiazole rings is 1. The van der Waals surface area contributed by atoms with Crippen LogP contribution >= 0.6 is 11.3 Å². The van der Waals surface area contributed by atoms with E-state index in [1.807, 2.05) is 22.4 Å². The molecule has 0 aliphatic carbocycles. The van der Waals surface area contributed by atoms with Crippen LogP contribution in [0.5, 0.6) is 11.5 Å². The molecule has 0 radical (unpaired) electrons. The molecule has 0 unspecified atom stereocenters. The Hall–Kier alpha value is -3.05. The molecule has 1 saturated heterocycles. The number of amides is 1. The van der Waals surface area contributed by atoms with Gasteiger partial charge in [-0.3, -0.25) is 4.79 Å². The Morgan fingerprint density at radius 2 is 2.15 bits per heavy atom. The summed E-state index contributed by atoms with van der Waals surface area (Å²) in [5, 5.41) is 11.6. The quantitative estimate of drug-likeness (QED) is 0.712. The lowest BCUT2D eigenvalue weighted by atomic mass is 10.2. The average Bonchev–Trinajstić information content (AvgIpc) is 3.25. The molecule has 1 fully saturated rings. The second kappa shape index (κ2) is 9.05. The summed E-state index contributed by atoms with van der Waals surface area (Å²) in [6.07, 6.45) is 5.13. The van der Waals surface area contributed by atoms with Gasteiger partial charge in [0.05, 0.1) is 7.11 Å². The zero-order valence-electron chi connectivity index (χ0n) is 15.0. The molecule has 1 amide bonds. The highest BCUT2D eigenvalue weighted by atomic mass is 32.1. The number of piperazine rings is 1. The lowest BCUT2D eigenvalue weighted by Crippen LogP contribution is -2.48. The standard InChI is InChI=1S/C19H20N4O3S/c1-25-17-14-15(2-4-16(17)26-12-6-20)3-5-18(24)22-8-10-23(11-9-22)19-21-7-13-27-19/h2-5,7,13-14H,8-12H2,1H3/b5-3+. The van der Waals surface area contributed by atoms with Gasteiger partial charge in [-0.25, -0.2) is 4.98 Å². The third kappa shape index (κ3) is 4.77. The number of nitrogens with zero attached hydrogens (tertiary/aromatic N) is 4. The minimum atomic E-state index is -0.0446. The van der Waals surface area contributed by atoms with E-state index in [1.165, 1.54) is 7.11 Å².